The highest BCUT2D eigenvalue weighted by molar-refractivity contribution is 9.10. The number of hydrogen-bond acceptors (Lipinski definition) is 2. The van der Waals surface area contributed by atoms with Crippen molar-refractivity contribution in [1.29, 1.82) is 0 Å². The van der Waals surface area contributed by atoms with Gasteiger partial charge in [-0.15, -0.1) is 0 Å². The van der Waals surface area contributed by atoms with Gasteiger partial charge in [0, 0.05) is 34.4 Å². The molecule has 92 valence electrons. The summed E-state index contributed by atoms with van der Waals surface area (Å²) in [6, 6.07) is 5.87. The topological polar surface area (TPSA) is 39.1 Å². The summed E-state index contributed by atoms with van der Waals surface area (Å²) < 4.78 is 26.3. The first kappa shape index (κ1) is 12.6. The highest BCUT2D eigenvalue weighted by Crippen LogP contribution is 2.29. The second-order valence-corrected chi connectivity index (χ2v) is 7.28. The Hall–Kier alpha value is -0.810. The third kappa shape index (κ3) is 2.40. The number of aryl methyl sites for hydroxylation is 1. The molecular formula is C12H14BrNO2S. The van der Waals surface area contributed by atoms with Gasteiger partial charge in [0.25, 0.3) is 0 Å². The summed E-state index contributed by atoms with van der Waals surface area (Å²) in [5, 5.41) is 0.993. The van der Waals surface area contributed by atoms with Crippen molar-refractivity contribution in [1.82, 2.24) is 4.57 Å². The van der Waals surface area contributed by atoms with Gasteiger partial charge >= 0.3 is 0 Å². The number of fused-ring (bicyclic) bond motifs is 1. The summed E-state index contributed by atoms with van der Waals surface area (Å²) in [6.07, 6.45) is 1.89. The van der Waals surface area contributed by atoms with Gasteiger partial charge in [0.05, 0.1) is 5.75 Å². The first-order valence-electron chi connectivity index (χ1n) is 5.37. The molecule has 5 heteroatoms. The molecular weight excluding hydrogens is 302 g/mol. The molecule has 0 aliphatic carbocycles. The minimum atomic E-state index is -3.00. The molecule has 0 fully saturated rings. The predicted molar refractivity (Wildman–Crippen MR) is 73.8 cm³/mol. The maximum atomic E-state index is 11.7. The van der Waals surface area contributed by atoms with Crippen LogP contribution in [0.2, 0.25) is 0 Å². The standard InChI is InChI=1S/C12H14BrNO2S/c1-3-17(15,16)8-9-7-14(2)11-6-4-5-10(13)12(9)11/h4-7H,3,8H2,1-2H3. The normalized spacial score (nSPS) is 12.2. The van der Waals surface area contributed by atoms with E-state index in [-0.39, 0.29) is 11.5 Å². The molecule has 1 aromatic carbocycles. The Morgan fingerprint density at radius 3 is 2.71 bits per heavy atom. The summed E-state index contributed by atoms with van der Waals surface area (Å²) in [5.41, 5.74) is 1.90. The largest absolute Gasteiger partial charge is 0.350 e. The van der Waals surface area contributed by atoms with Crippen LogP contribution in [0.5, 0.6) is 0 Å². The summed E-state index contributed by atoms with van der Waals surface area (Å²) in [5.74, 6) is 0.275. The summed E-state index contributed by atoms with van der Waals surface area (Å²) in [4.78, 5) is 0. The van der Waals surface area contributed by atoms with E-state index in [2.05, 4.69) is 15.9 Å². The molecule has 0 aliphatic heterocycles. The zero-order valence-electron chi connectivity index (χ0n) is 9.77. The molecule has 2 aromatic rings. The van der Waals surface area contributed by atoms with Gasteiger partial charge in [-0.2, -0.15) is 0 Å². The Morgan fingerprint density at radius 1 is 1.35 bits per heavy atom. The van der Waals surface area contributed by atoms with Crippen molar-refractivity contribution in [2.75, 3.05) is 5.75 Å². The van der Waals surface area contributed by atoms with Crippen LogP contribution in [-0.2, 0) is 22.6 Å². The zero-order valence-corrected chi connectivity index (χ0v) is 12.2. The molecule has 0 saturated carbocycles. The Morgan fingerprint density at radius 2 is 2.06 bits per heavy atom. The van der Waals surface area contributed by atoms with Crippen molar-refractivity contribution in [2.24, 2.45) is 7.05 Å². The third-order valence-electron chi connectivity index (χ3n) is 2.86. The van der Waals surface area contributed by atoms with Crippen molar-refractivity contribution in [2.45, 2.75) is 12.7 Å². The van der Waals surface area contributed by atoms with E-state index in [0.29, 0.717) is 0 Å². The lowest BCUT2D eigenvalue weighted by Crippen LogP contribution is -2.06. The summed E-state index contributed by atoms with van der Waals surface area (Å²) in [6.45, 7) is 1.68. The average molecular weight is 316 g/mol. The fourth-order valence-electron chi connectivity index (χ4n) is 1.94. The van der Waals surface area contributed by atoms with Gasteiger partial charge in [0.15, 0.2) is 9.84 Å². The molecule has 17 heavy (non-hydrogen) atoms. The van der Waals surface area contributed by atoms with Gasteiger partial charge in [-0.3, -0.25) is 0 Å². The van der Waals surface area contributed by atoms with E-state index < -0.39 is 9.84 Å². The maximum Gasteiger partial charge on any atom is 0.154 e. The first-order chi connectivity index (χ1) is 7.94. The quantitative estimate of drug-likeness (QED) is 0.873. The number of nitrogens with zero attached hydrogens (tertiary/aromatic N) is 1. The molecule has 0 atom stereocenters. The fourth-order valence-corrected chi connectivity index (χ4v) is 3.45. The zero-order chi connectivity index (χ0) is 12.6. The minimum absolute atomic E-state index is 0.101. The van der Waals surface area contributed by atoms with Crippen LogP contribution in [-0.4, -0.2) is 18.7 Å². The average Bonchev–Trinajstić information content (AvgIpc) is 2.57. The summed E-state index contributed by atoms with van der Waals surface area (Å²) >= 11 is 3.48. The number of aromatic nitrogens is 1. The van der Waals surface area contributed by atoms with Gasteiger partial charge in [0.2, 0.25) is 0 Å². The third-order valence-corrected chi connectivity index (χ3v) is 5.15. The number of sulfone groups is 1. The fraction of sp³-hybridized carbons (Fsp3) is 0.333. The minimum Gasteiger partial charge on any atom is -0.350 e. The first-order valence-corrected chi connectivity index (χ1v) is 7.99. The van der Waals surface area contributed by atoms with Crippen LogP contribution in [0.15, 0.2) is 28.9 Å². The van der Waals surface area contributed by atoms with Crippen molar-refractivity contribution in [3.63, 3.8) is 0 Å². The number of halogens is 1. The van der Waals surface area contributed by atoms with Gasteiger partial charge in [-0.05, 0) is 17.7 Å². The van der Waals surface area contributed by atoms with E-state index in [9.17, 15) is 8.42 Å². The van der Waals surface area contributed by atoms with E-state index in [4.69, 9.17) is 0 Å². The van der Waals surface area contributed by atoms with Crippen molar-refractivity contribution < 1.29 is 8.42 Å². The smallest absolute Gasteiger partial charge is 0.154 e. The molecule has 0 unspecified atom stereocenters. The van der Waals surface area contributed by atoms with Gasteiger partial charge in [-0.25, -0.2) is 8.42 Å². The Labute approximate surface area is 109 Å². The van der Waals surface area contributed by atoms with Gasteiger partial charge in [-0.1, -0.05) is 28.9 Å². The Bertz CT molecular complexity index is 658. The second kappa shape index (κ2) is 4.46. The van der Waals surface area contributed by atoms with E-state index >= 15 is 0 Å². The number of hydrogen-bond donors (Lipinski definition) is 0. The van der Waals surface area contributed by atoms with Crippen LogP contribution >= 0.6 is 15.9 Å². The molecule has 2 rings (SSSR count). The monoisotopic (exact) mass is 315 g/mol. The molecule has 0 radical (unpaired) electrons. The molecule has 0 aliphatic rings. The van der Waals surface area contributed by atoms with Crippen LogP contribution in [0.1, 0.15) is 12.5 Å². The summed E-state index contributed by atoms with van der Waals surface area (Å²) in [7, 11) is -1.07. The number of rotatable bonds is 3. The van der Waals surface area contributed by atoms with E-state index in [1.165, 1.54) is 0 Å². The molecule has 0 saturated heterocycles. The van der Waals surface area contributed by atoms with Crippen LogP contribution in [0.4, 0.5) is 0 Å². The van der Waals surface area contributed by atoms with E-state index in [1.54, 1.807) is 6.92 Å². The predicted octanol–water partition coefficient (Wildman–Crippen LogP) is 2.88. The van der Waals surface area contributed by atoms with Crippen LogP contribution < -0.4 is 0 Å². The van der Waals surface area contributed by atoms with Crippen LogP contribution in [0, 0.1) is 0 Å². The molecule has 0 amide bonds. The number of benzene rings is 1. The molecule has 0 bridgehead atoms. The SMILES string of the molecule is CCS(=O)(=O)Cc1cn(C)c2cccc(Br)c12. The Balaban J connectivity index is 2.63. The van der Waals surface area contributed by atoms with Crippen LogP contribution in [0.3, 0.4) is 0 Å². The van der Waals surface area contributed by atoms with Crippen molar-refractivity contribution in [3.05, 3.63) is 34.4 Å². The lowest BCUT2D eigenvalue weighted by molar-refractivity contribution is 0.596. The Kier molecular flexibility index (Phi) is 3.32. The van der Waals surface area contributed by atoms with Crippen LogP contribution in [0.25, 0.3) is 10.9 Å². The highest BCUT2D eigenvalue weighted by atomic mass is 79.9. The lowest BCUT2D eigenvalue weighted by atomic mass is 10.2. The maximum absolute atomic E-state index is 11.7. The molecule has 0 N–H and O–H groups in total. The van der Waals surface area contributed by atoms with Crippen molar-refractivity contribution >= 4 is 36.7 Å². The highest BCUT2D eigenvalue weighted by Gasteiger charge is 2.15. The lowest BCUT2D eigenvalue weighted by Gasteiger charge is -2.01. The van der Waals surface area contributed by atoms with Gasteiger partial charge < -0.3 is 4.57 Å². The molecule has 1 heterocycles. The van der Waals surface area contributed by atoms with E-state index in [1.807, 2.05) is 36.0 Å². The molecule has 0 spiro atoms. The van der Waals surface area contributed by atoms with E-state index in [0.717, 1.165) is 20.9 Å². The van der Waals surface area contributed by atoms with Crippen molar-refractivity contribution in [3.8, 4) is 0 Å². The second-order valence-electron chi connectivity index (χ2n) is 4.08. The molecule has 3 nitrogen and oxygen atoms in total. The molecule has 1 aromatic heterocycles. The van der Waals surface area contributed by atoms with Gasteiger partial charge in [0.1, 0.15) is 0 Å².